The molecule has 0 atom stereocenters. The van der Waals surface area contributed by atoms with Gasteiger partial charge in [0.25, 0.3) is 9.05 Å². The molecule has 0 heterocycles. The van der Waals surface area contributed by atoms with Crippen LogP contribution in [0.2, 0.25) is 0 Å². The fraction of sp³-hybridized carbons (Fsp3) is 0.0769. The Kier molecular flexibility index (Phi) is 4.67. The van der Waals surface area contributed by atoms with Crippen molar-refractivity contribution in [1.82, 2.24) is 0 Å². The minimum absolute atomic E-state index is 0.00143. The van der Waals surface area contributed by atoms with Gasteiger partial charge in [-0.2, -0.15) is 0 Å². The normalized spacial score (nSPS) is 11.3. The van der Waals surface area contributed by atoms with E-state index < -0.39 is 9.05 Å². The second-order valence-corrected chi connectivity index (χ2v) is 7.35. The SMILES string of the molecule is O=S(=O)(Cl)c1ccc(OCc2cc(F)ccc2Br)cc1. The predicted octanol–water partition coefficient (Wildman–Crippen LogP) is 4.09. The van der Waals surface area contributed by atoms with Crippen molar-refractivity contribution in [2.24, 2.45) is 0 Å². The summed E-state index contributed by atoms with van der Waals surface area (Å²) in [6, 6.07) is 9.97. The van der Waals surface area contributed by atoms with E-state index in [1.54, 1.807) is 6.07 Å². The number of benzene rings is 2. The molecule has 0 aliphatic rings. The lowest BCUT2D eigenvalue weighted by molar-refractivity contribution is 0.304. The monoisotopic (exact) mass is 378 g/mol. The fourth-order valence-electron chi connectivity index (χ4n) is 1.51. The van der Waals surface area contributed by atoms with Crippen LogP contribution in [-0.2, 0) is 15.7 Å². The molecule has 0 bridgehead atoms. The molecule has 2 aromatic carbocycles. The first-order valence-corrected chi connectivity index (χ1v) is 8.58. The standard InChI is InChI=1S/C13H9BrClFO3S/c14-13-6-1-10(16)7-9(13)8-19-11-2-4-12(5-3-11)20(15,17)18/h1-7H,8H2. The summed E-state index contributed by atoms with van der Waals surface area (Å²) in [5.74, 6) is 0.112. The Bertz CT molecular complexity index is 717. The van der Waals surface area contributed by atoms with E-state index in [9.17, 15) is 12.8 Å². The van der Waals surface area contributed by atoms with Crippen molar-refractivity contribution < 1.29 is 17.5 Å². The highest BCUT2D eigenvalue weighted by Crippen LogP contribution is 2.22. The van der Waals surface area contributed by atoms with Gasteiger partial charge in [-0.15, -0.1) is 0 Å². The third-order valence-electron chi connectivity index (χ3n) is 2.51. The van der Waals surface area contributed by atoms with Gasteiger partial charge < -0.3 is 4.74 Å². The molecule has 106 valence electrons. The zero-order valence-corrected chi connectivity index (χ0v) is 13.2. The van der Waals surface area contributed by atoms with E-state index in [-0.39, 0.29) is 17.3 Å². The molecule has 0 unspecified atom stereocenters. The van der Waals surface area contributed by atoms with Gasteiger partial charge in [-0.1, -0.05) is 15.9 Å². The number of ether oxygens (including phenoxy) is 1. The van der Waals surface area contributed by atoms with Gasteiger partial charge in [0.2, 0.25) is 0 Å². The van der Waals surface area contributed by atoms with Crippen LogP contribution in [0, 0.1) is 5.82 Å². The summed E-state index contributed by atoms with van der Waals surface area (Å²) in [6.45, 7) is 0.158. The Morgan fingerprint density at radius 2 is 1.80 bits per heavy atom. The lowest BCUT2D eigenvalue weighted by atomic mass is 10.2. The second kappa shape index (κ2) is 6.11. The Balaban J connectivity index is 2.10. The molecule has 0 aliphatic carbocycles. The van der Waals surface area contributed by atoms with Crippen LogP contribution < -0.4 is 4.74 Å². The first kappa shape index (κ1) is 15.3. The molecule has 0 spiro atoms. The minimum atomic E-state index is -3.74. The van der Waals surface area contributed by atoms with Crippen molar-refractivity contribution in [3.8, 4) is 5.75 Å². The molecule has 0 radical (unpaired) electrons. The van der Waals surface area contributed by atoms with Gasteiger partial charge in [0.1, 0.15) is 18.2 Å². The van der Waals surface area contributed by atoms with Crippen LogP contribution in [0.25, 0.3) is 0 Å². The summed E-state index contributed by atoms with van der Waals surface area (Å²) in [5.41, 5.74) is 0.652. The Morgan fingerprint density at radius 3 is 2.40 bits per heavy atom. The van der Waals surface area contributed by atoms with Gasteiger partial charge in [0.05, 0.1) is 4.90 Å². The zero-order chi connectivity index (χ0) is 14.8. The molecule has 0 N–H and O–H groups in total. The quantitative estimate of drug-likeness (QED) is 0.751. The van der Waals surface area contributed by atoms with Crippen LogP contribution >= 0.6 is 26.6 Å². The van der Waals surface area contributed by atoms with Crippen molar-refractivity contribution in [2.45, 2.75) is 11.5 Å². The lowest BCUT2D eigenvalue weighted by Crippen LogP contribution is -1.98. The Morgan fingerprint density at radius 1 is 1.15 bits per heavy atom. The highest BCUT2D eigenvalue weighted by molar-refractivity contribution is 9.10. The summed E-state index contributed by atoms with van der Waals surface area (Å²) in [7, 11) is 1.47. The molecule has 20 heavy (non-hydrogen) atoms. The molecule has 0 saturated carbocycles. The maximum absolute atomic E-state index is 13.1. The van der Waals surface area contributed by atoms with Gasteiger partial charge in [0, 0.05) is 20.7 Å². The zero-order valence-electron chi connectivity index (χ0n) is 10.0. The molecule has 0 saturated heterocycles. The third kappa shape index (κ3) is 3.94. The van der Waals surface area contributed by atoms with Crippen LogP contribution in [0.15, 0.2) is 51.8 Å². The van der Waals surface area contributed by atoms with Gasteiger partial charge in [-0.3, -0.25) is 0 Å². The highest BCUT2D eigenvalue weighted by atomic mass is 79.9. The molecular weight excluding hydrogens is 371 g/mol. The van der Waals surface area contributed by atoms with Crippen molar-refractivity contribution in [3.63, 3.8) is 0 Å². The van der Waals surface area contributed by atoms with Gasteiger partial charge in [-0.05, 0) is 42.5 Å². The highest BCUT2D eigenvalue weighted by Gasteiger charge is 2.09. The minimum Gasteiger partial charge on any atom is -0.489 e. The van der Waals surface area contributed by atoms with Crippen LogP contribution in [0.5, 0.6) is 5.75 Å². The number of hydrogen-bond acceptors (Lipinski definition) is 3. The maximum Gasteiger partial charge on any atom is 0.261 e. The smallest absolute Gasteiger partial charge is 0.261 e. The molecule has 0 amide bonds. The number of hydrogen-bond donors (Lipinski definition) is 0. The molecule has 0 fully saturated rings. The van der Waals surface area contributed by atoms with E-state index in [1.165, 1.54) is 36.4 Å². The van der Waals surface area contributed by atoms with Gasteiger partial charge >= 0.3 is 0 Å². The third-order valence-corrected chi connectivity index (χ3v) is 4.65. The average molecular weight is 380 g/mol. The van der Waals surface area contributed by atoms with E-state index in [0.717, 1.165) is 4.47 Å². The molecule has 0 aliphatic heterocycles. The lowest BCUT2D eigenvalue weighted by Gasteiger charge is -2.08. The summed E-state index contributed by atoms with van der Waals surface area (Å²) in [5, 5.41) is 0. The summed E-state index contributed by atoms with van der Waals surface area (Å²) in [6.07, 6.45) is 0. The molecule has 2 aromatic rings. The topological polar surface area (TPSA) is 43.4 Å². The molecule has 3 nitrogen and oxygen atoms in total. The second-order valence-electron chi connectivity index (χ2n) is 3.93. The van der Waals surface area contributed by atoms with Crippen LogP contribution in [0.1, 0.15) is 5.56 Å². The summed E-state index contributed by atoms with van der Waals surface area (Å²) >= 11 is 3.30. The molecule has 2 rings (SSSR count). The van der Waals surface area contributed by atoms with E-state index >= 15 is 0 Å². The maximum atomic E-state index is 13.1. The van der Waals surface area contributed by atoms with Crippen molar-refractivity contribution in [2.75, 3.05) is 0 Å². The Hall–Kier alpha value is -1.11. The van der Waals surface area contributed by atoms with Crippen LogP contribution in [0.4, 0.5) is 4.39 Å². The fourth-order valence-corrected chi connectivity index (χ4v) is 2.64. The largest absolute Gasteiger partial charge is 0.489 e. The van der Waals surface area contributed by atoms with Crippen molar-refractivity contribution in [3.05, 3.63) is 58.3 Å². The first-order chi connectivity index (χ1) is 9.36. The van der Waals surface area contributed by atoms with E-state index in [4.69, 9.17) is 15.4 Å². The van der Waals surface area contributed by atoms with Crippen molar-refractivity contribution in [1.29, 1.82) is 0 Å². The molecule has 0 aromatic heterocycles. The van der Waals surface area contributed by atoms with E-state index in [0.29, 0.717) is 11.3 Å². The predicted molar refractivity (Wildman–Crippen MR) is 77.9 cm³/mol. The summed E-state index contributed by atoms with van der Waals surface area (Å²) in [4.78, 5) is -0.00143. The summed E-state index contributed by atoms with van der Waals surface area (Å²) < 4.78 is 41.5. The van der Waals surface area contributed by atoms with Gasteiger partial charge in [-0.25, -0.2) is 12.8 Å². The molecule has 7 heteroatoms. The Labute approximate surface area is 128 Å². The number of halogens is 3. The van der Waals surface area contributed by atoms with Crippen molar-refractivity contribution >= 4 is 35.7 Å². The van der Waals surface area contributed by atoms with Crippen LogP contribution in [0.3, 0.4) is 0 Å². The molecular formula is C13H9BrClFO3S. The van der Waals surface area contributed by atoms with Crippen LogP contribution in [-0.4, -0.2) is 8.42 Å². The average Bonchev–Trinajstić information content (AvgIpc) is 2.39. The van der Waals surface area contributed by atoms with Gasteiger partial charge in [0.15, 0.2) is 0 Å². The first-order valence-electron chi connectivity index (χ1n) is 5.48. The number of rotatable bonds is 4. The van der Waals surface area contributed by atoms with E-state index in [2.05, 4.69) is 15.9 Å². The van der Waals surface area contributed by atoms with E-state index in [1.807, 2.05) is 0 Å².